The zero-order chi connectivity index (χ0) is 13.1. The SMILES string of the molecule is CCC(CC(N)=O)c1ccccc1C(F)(F)F. The van der Waals surface area contributed by atoms with Crippen LogP contribution in [0.25, 0.3) is 0 Å². The van der Waals surface area contributed by atoms with Gasteiger partial charge in [-0.05, 0) is 24.0 Å². The average Bonchev–Trinajstić information content (AvgIpc) is 2.24. The summed E-state index contributed by atoms with van der Waals surface area (Å²) in [5.41, 5.74) is 4.50. The van der Waals surface area contributed by atoms with E-state index in [1.54, 1.807) is 6.92 Å². The third-order valence-corrected chi connectivity index (χ3v) is 2.65. The third kappa shape index (κ3) is 3.47. The van der Waals surface area contributed by atoms with Crippen LogP contribution in [-0.4, -0.2) is 5.91 Å². The molecule has 5 heteroatoms. The molecule has 0 fully saturated rings. The Balaban J connectivity index is 3.15. The van der Waals surface area contributed by atoms with Gasteiger partial charge in [0.1, 0.15) is 0 Å². The Hall–Kier alpha value is -1.52. The Morgan fingerprint density at radius 3 is 2.41 bits per heavy atom. The Morgan fingerprint density at radius 2 is 1.94 bits per heavy atom. The fraction of sp³-hybridized carbons (Fsp3) is 0.417. The summed E-state index contributed by atoms with van der Waals surface area (Å²) in [6, 6.07) is 5.30. The highest BCUT2D eigenvalue weighted by molar-refractivity contribution is 5.74. The molecule has 1 amide bonds. The van der Waals surface area contributed by atoms with Crippen LogP contribution in [0.15, 0.2) is 24.3 Å². The van der Waals surface area contributed by atoms with Crippen LogP contribution < -0.4 is 5.73 Å². The minimum atomic E-state index is -4.40. The fourth-order valence-corrected chi connectivity index (χ4v) is 1.83. The lowest BCUT2D eigenvalue weighted by atomic mass is 9.89. The second kappa shape index (κ2) is 5.21. The average molecular weight is 245 g/mol. The van der Waals surface area contributed by atoms with Gasteiger partial charge in [0.2, 0.25) is 5.91 Å². The summed E-state index contributed by atoms with van der Waals surface area (Å²) in [5.74, 6) is -1.07. The van der Waals surface area contributed by atoms with Crippen LogP contribution in [0.1, 0.15) is 36.8 Å². The number of benzene rings is 1. The second-order valence-corrected chi connectivity index (χ2v) is 3.86. The van der Waals surface area contributed by atoms with E-state index in [4.69, 9.17) is 5.73 Å². The van der Waals surface area contributed by atoms with Crippen LogP contribution in [0.4, 0.5) is 13.2 Å². The van der Waals surface area contributed by atoms with Gasteiger partial charge in [0.15, 0.2) is 0 Å². The number of alkyl halides is 3. The zero-order valence-corrected chi connectivity index (χ0v) is 9.42. The van der Waals surface area contributed by atoms with Gasteiger partial charge in [-0.25, -0.2) is 0 Å². The van der Waals surface area contributed by atoms with Crippen molar-refractivity contribution in [3.63, 3.8) is 0 Å². The molecule has 2 nitrogen and oxygen atoms in total. The van der Waals surface area contributed by atoms with Crippen molar-refractivity contribution in [1.29, 1.82) is 0 Å². The summed E-state index contributed by atoms with van der Waals surface area (Å²) >= 11 is 0. The van der Waals surface area contributed by atoms with Crippen LogP contribution in [0.2, 0.25) is 0 Å². The minimum Gasteiger partial charge on any atom is -0.370 e. The quantitative estimate of drug-likeness (QED) is 0.870. The van der Waals surface area contributed by atoms with Crippen LogP contribution in [0.5, 0.6) is 0 Å². The number of carbonyl (C=O) groups excluding carboxylic acids is 1. The summed E-state index contributed by atoms with van der Waals surface area (Å²) in [4.78, 5) is 10.8. The molecule has 0 radical (unpaired) electrons. The maximum Gasteiger partial charge on any atom is 0.416 e. The number of nitrogens with two attached hydrogens (primary N) is 1. The van der Waals surface area contributed by atoms with Crippen LogP contribution in [0, 0.1) is 0 Å². The third-order valence-electron chi connectivity index (χ3n) is 2.65. The molecule has 1 unspecified atom stereocenters. The molecule has 2 N–H and O–H groups in total. The molecule has 0 spiro atoms. The molecule has 0 heterocycles. The standard InChI is InChI=1S/C12H14F3NO/c1-2-8(7-11(16)17)9-5-3-4-6-10(9)12(13,14)15/h3-6,8H,2,7H2,1H3,(H2,16,17). The van der Waals surface area contributed by atoms with E-state index in [0.717, 1.165) is 6.07 Å². The summed E-state index contributed by atoms with van der Waals surface area (Å²) in [6.45, 7) is 1.74. The topological polar surface area (TPSA) is 43.1 Å². The molecule has 1 atom stereocenters. The molecule has 0 aliphatic rings. The van der Waals surface area contributed by atoms with E-state index in [2.05, 4.69) is 0 Å². The number of amides is 1. The Kier molecular flexibility index (Phi) is 4.15. The summed E-state index contributed by atoms with van der Waals surface area (Å²) < 4.78 is 38.3. The van der Waals surface area contributed by atoms with E-state index < -0.39 is 23.6 Å². The van der Waals surface area contributed by atoms with Gasteiger partial charge in [0.25, 0.3) is 0 Å². The molecule has 1 aromatic rings. The first-order valence-electron chi connectivity index (χ1n) is 5.30. The van der Waals surface area contributed by atoms with Gasteiger partial charge < -0.3 is 5.73 Å². The first kappa shape index (κ1) is 13.5. The molecule has 0 saturated carbocycles. The van der Waals surface area contributed by atoms with E-state index in [9.17, 15) is 18.0 Å². The zero-order valence-electron chi connectivity index (χ0n) is 9.42. The van der Waals surface area contributed by atoms with Gasteiger partial charge in [0, 0.05) is 6.42 Å². The van der Waals surface area contributed by atoms with Gasteiger partial charge in [-0.15, -0.1) is 0 Å². The number of rotatable bonds is 4. The predicted octanol–water partition coefficient (Wildman–Crippen LogP) is 3.07. The molecule has 1 rings (SSSR count). The Labute approximate surface area is 97.6 Å². The Morgan fingerprint density at radius 1 is 1.35 bits per heavy atom. The van der Waals surface area contributed by atoms with Gasteiger partial charge >= 0.3 is 6.18 Å². The van der Waals surface area contributed by atoms with Crippen molar-refractivity contribution in [2.24, 2.45) is 5.73 Å². The minimum absolute atomic E-state index is 0.0659. The van der Waals surface area contributed by atoms with Crippen molar-refractivity contribution in [2.75, 3.05) is 0 Å². The fourth-order valence-electron chi connectivity index (χ4n) is 1.83. The van der Waals surface area contributed by atoms with Crippen LogP contribution in [0.3, 0.4) is 0 Å². The lowest BCUT2D eigenvalue weighted by Crippen LogP contribution is -2.18. The highest BCUT2D eigenvalue weighted by Gasteiger charge is 2.34. The molecular formula is C12H14F3NO. The summed E-state index contributed by atoms with van der Waals surface area (Å²) in [5, 5.41) is 0. The van der Waals surface area contributed by atoms with E-state index in [0.29, 0.717) is 6.42 Å². The molecule has 0 aliphatic heterocycles. The molecular weight excluding hydrogens is 231 g/mol. The van der Waals surface area contributed by atoms with E-state index >= 15 is 0 Å². The lowest BCUT2D eigenvalue weighted by molar-refractivity contribution is -0.138. The first-order valence-corrected chi connectivity index (χ1v) is 5.30. The first-order chi connectivity index (χ1) is 7.86. The van der Waals surface area contributed by atoms with Crippen molar-refractivity contribution < 1.29 is 18.0 Å². The number of primary amides is 1. The number of halogens is 3. The summed E-state index contributed by atoms with van der Waals surface area (Å²) in [6.07, 6.45) is -4.03. The van der Waals surface area contributed by atoms with E-state index in [1.807, 2.05) is 0 Å². The van der Waals surface area contributed by atoms with Crippen molar-refractivity contribution in [1.82, 2.24) is 0 Å². The second-order valence-electron chi connectivity index (χ2n) is 3.86. The molecule has 0 aromatic heterocycles. The van der Waals surface area contributed by atoms with E-state index in [-0.39, 0.29) is 12.0 Å². The number of hydrogen-bond acceptors (Lipinski definition) is 1. The Bertz CT molecular complexity index is 401. The van der Waals surface area contributed by atoms with Crippen LogP contribution >= 0.6 is 0 Å². The molecule has 1 aromatic carbocycles. The predicted molar refractivity (Wildman–Crippen MR) is 58.3 cm³/mol. The molecule has 0 aliphatic carbocycles. The normalized spacial score (nSPS) is 13.4. The highest BCUT2D eigenvalue weighted by atomic mass is 19.4. The van der Waals surface area contributed by atoms with Gasteiger partial charge in [-0.2, -0.15) is 13.2 Å². The monoisotopic (exact) mass is 245 g/mol. The lowest BCUT2D eigenvalue weighted by Gasteiger charge is -2.19. The number of hydrogen-bond donors (Lipinski definition) is 1. The maximum atomic E-state index is 12.8. The van der Waals surface area contributed by atoms with Crippen molar-refractivity contribution in [3.05, 3.63) is 35.4 Å². The summed E-state index contributed by atoms with van der Waals surface area (Å²) in [7, 11) is 0. The molecule has 0 bridgehead atoms. The van der Waals surface area contributed by atoms with Gasteiger partial charge in [-0.1, -0.05) is 25.1 Å². The number of carbonyl (C=O) groups is 1. The van der Waals surface area contributed by atoms with Gasteiger partial charge in [0.05, 0.1) is 5.56 Å². The van der Waals surface area contributed by atoms with Crippen LogP contribution in [-0.2, 0) is 11.0 Å². The molecule has 94 valence electrons. The van der Waals surface area contributed by atoms with Gasteiger partial charge in [-0.3, -0.25) is 4.79 Å². The largest absolute Gasteiger partial charge is 0.416 e. The maximum absolute atomic E-state index is 12.8. The van der Waals surface area contributed by atoms with Crippen molar-refractivity contribution >= 4 is 5.91 Å². The van der Waals surface area contributed by atoms with Crippen molar-refractivity contribution in [3.8, 4) is 0 Å². The van der Waals surface area contributed by atoms with Crippen molar-refractivity contribution in [2.45, 2.75) is 31.9 Å². The molecule has 17 heavy (non-hydrogen) atoms. The van der Waals surface area contributed by atoms with E-state index in [1.165, 1.54) is 18.2 Å². The molecule has 0 saturated heterocycles. The smallest absolute Gasteiger partial charge is 0.370 e. The highest BCUT2D eigenvalue weighted by Crippen LogP contribution is 2.37.